The van der Waals surface area contributed by atoms with E-state index in [-0.39, 0.29) is 5.92 Å². The predicted octanol–water partition coefficient (Wildman–Crippen LogP) is 5.15. The first-order chi connectivity index (χ1) is 17.7. The topological polar surface area (TPSA) is 73.9 Å². The number of fused-ring (bicyclic) bond motifs is 1. The smallest absolute Gasteiger partial charge is 0.238 e. The van der Waals surface area contributed by atoms with E-state index in [1.54, 1.807) is 13.4 Å². The summed E-state index contributed by atoms with van der Waals surface area (Å²) in [5.74, 6) is 2.44. The molecule has 0 unspecified atom stereocenters. The van der Waals surface area contributed by atoms with Crippen LogP contribution >= 0.6 is 0 Å². The fraction of sp³-hybridized carbons (Fsp3) is 0.429. The number of imidazole rings is 1. The monoisotopic (exact) mass is 483 g/mol. The van der Waals surface area contributed by atoms with Crippen LogP contribution in [0.2, 0.25) is 0 Å². The van der Waals surface area contributed by atoms with E-state index in [9.17, 15) is 0 Å². The van der Waals surface area contributed by atoms with E-state index in [0.29, 0.717) is 17.4 Å². The standard InChI is InChI=1S/C28H33N7O/c1-20-18-34(19-29-20)25-14-13-24(30-28(25)36-2)26-31-27-23(8-7-17-35(27)32-26)21-9-11-22(12-10-21)33-15-5-3-4-6-16-33/h9-14,18-19,23H,3-8,15-17H2,1-2H3/t23-/m0/s1. The van der Waals surface area contributed by atoms with Gasteiger partial charge < -0.3 is 14.2 Å². The molecule has 1 fully saturated rings. The van der Waals surface area contributed by atoms with Crippen LogP contribution in [0.25, 0.3) is 17.2 Å². The number of anilines is 1. The molecule has 8 nitrogen and oxygen atoms in total. The number of ether oxygens (including phenoxy) is 1. The molecule has 4 aromatic rings. The molecule has 0 radical (unpaired) electrons. The van der Waals surface area contributed by atoms with Crippen LogP contribution in [0.5, 0.6) is 5.88 Å². The van der Waals surface area contributed by atoms with Gasteiger partial charge in [0.15, 0.2) is 5.82 Å². The highest BCUT2D eigenvalue weighted by Gasteiger charge is 2.27. The molecule has 3 aromatic heterocycles. The third-order valence-electron chi connectivity index (χ3n) is 7.39. The zero-order valence-corrected chi connectivity index (χ0v) is 21.1. The van der Waals surface area contributed by atoms with Gasteiger partial charge >= 0.3 is 0 Å². The first-order valence-electron chi connectivity index (χ1n) is 13.1. The molecule has 0 saturated carbocycles. The highest BCUT2D eigenvalue weighted by molar-refractivity contribution is 5.56. The number of hydrogen-bond donors (Lipinski definition) is 0. The van der Waals surface area contributed by atoms with Crippen molar-refractivity contribution in [3.8, 4) is 23.1 Å². The largest absolute Gasteiger partial charge is 0.479 e. The minimum absolute atomic E-state index is 0.244. The Morgan fingerprint density at radius 1 is 0.889 bits per heavy atom. The van der Waals surface area contributed by atoms with Gasteiger partial charge in [-0.15, -0.1) is 5.10 Å². The van der Waals surface area contributed by atoms with Gasteiger partial charge in [-0.05, 0) is 62.4 Å². The third kappa shape index (κ3) is 4.36. The van der Waals surface area contributed by atoms with E-state index in [4.69, 9.17) is 19.8 Å². The minimum atomic E-state index is 0.244. The molecule has 2 aliphatic heterocycles. The average Bonchev–Trinajstić information content (AvgIpc) is 3.45. The average molecular weight is 484 g/mol. The summed E-state index contributed by atoms with van der Waals surface area (Å²) >= 11 is 0. The molecule has 0 N–H and O–H groups in total. The van der Waals surface area contributed by atoms with Crippen molar-refractivity contribution in [3.63, 3.8) is 0 Å². The summed E-state index contributed by atoms with van der Waals surface area (Å²) in [6.07, 6.45) is 11.2. The lowest BCUT2D eigenvalue weighted by atomic mass is 9.91. The lowest BCUT2D eigenvalue weighted by Gasteiger charge is -2.25. The van der Waals surface area contributed by atoms with Crippen molar-refractivity contribution in [2.45, 2.75) is 57.9 Å². The van der Waals surface area contributed by atoms with Crippen LogP contribution in [-0.4, -0.2) is 49.5 Å². The second-order valence-electron chi connectivity index (χ2n) is 9.85. The highest BCUT2D eigenvalue weighted by Crippen LogP contribution is 2.35. The molecular formula is C28H33N7O. The molecule has 6 rings (SSSR count). The molecule has 8 heteroatoms. The Bertz CT molecular complexity index is 1330. The van der Waals surface area contributed by atoms with Crippen LogP contribution in [0.15, 0.2) is 48.9 Å². The zero-order chi connectivity index (χ0) is 24.5. The number of aryl methyl sites for hydroxylation is 2. The van der Waals surface area contributed by atoms with Crippen molar-refractivity contribution in [2.24, 2.45) is 0 Å². The minimum Gasteiger partial charge on any atom is -0.479 e. The molecule has 1 saturated heterocycles. The van der Waals surface area contributed by atoms with Gasteiger partial charge in [-0.3, -0.25) is 0 Å². The van der Waals surface area contributed by atoms with E-state index in [1.807, 2.05) is 29.8 Å². The van der Waals surface area contributed by atoms with Gasteiger partial charge in [-0.1, -0.05) is 25.0 Å². The van der Waals surface area contributed by atoms with Crippen LogP contribution in [0, 0.1) is 6.92 Å². The number of benzene rings is 1. The summed E-state index contributed by atoms with van der Waals surface area (Å²) in [5, 5.41) is 4.84. The SMILES string of the molecule is COc1nc(-c2nc3n(n2)CCC[C@H]3c2ccc(N3CCCCCC3)cc2)ccc1-n1cnc(C)c1. The Kier molecular flexibility index (Phi) is 6.17. The molecular weight excluding hydrogens is 450 g/mol. The summed E-state index contributed by atoms with van der Waals surface area (Å²) in [4.78, 5) is 16.6. The molecule has 0 spiro atoms. The van der Waals surface area contributed by atoms with Crippen molar-refractivity contribution in [1.82, 2.24) is 29.3 Å². The Balaban J connectivity index is 1.27. The van der Waals surface area contributed by atoms with Crippen molar-refractivity contribution >= 4 is 5.69 Å². The van der Waals surface area contributed by atoms with E-state index < -0.39 is 0 Å². The van der Waals surface area contributed by atoms with Gasteiger partial charge in [0.1, 0.15) is 17.2 Å². The van der Waals surface area contributed by atoms with Crippen LogP contribution < -0.4 is 9.64 Å². The first kappa shape index (κ1) is 22.8. The van der Waals surface area contributed by atoms with Gasteiger partial charge in [0, 0.05) is 37.4 Å². The summed E-state index contributed by atoms with van der Waals surface area (Å²) in [5.41, 5.74) is 5.14. The summed E-state index contributed by atoms with van der Waals surface area (Å²) in [6, 6.07) is 13.1. The Labute approximate surface area is 212 Å². The summed E-state index contributed by atoms with van der Waals surface area (Å²) in [7, 11) is 1.64. The molecule has 0 aliphatic carbocycles. The van der Waals surface area contributed by atoms with Gasteiger partial charge in [0.2, 0.25) is 5.88 Å². The van der Waals surface area contributed by atoms with Crippen molar-refractivity contribution in [2.75, 3.05) is 25.1 Å². The molecule has 0 bridgehead atoms. The van der Waals surface area contributed by atoms with Crippen molar-refractivity contribution in [1.29, 1.82) is 0 Å². The van der Waals surface area contributed by atoms with E-state index in [0.717, 1.165) is 49.7 Å². The number of nitrogens with zero attached hydrogens (tertiary/aromatic N) is 7. The molecule has 2 aliphatic rings. The van der Waals surface area contributed by atoms with Gasteiger partial charge in [0.25, 0.3) is 0 Å². The van der Waals surface area contributed by atoms with Crippen molar-refractivity contribution < 1.29 is 4.74 Å². The van der Waals surface area contributed by atoms with E-state index in [1.165, 1.54) is 36.9 Å². The third-order valence-corrected chi connectivity index (χ3v) is 7.39. The second-order valence-corrected chi connectivity index (χ2v) is 9.85. The normalized spacial score (nSPS) is 18.1. The number of pyridine rings is 1. The maximum Gasteiger partial charge on any atom is 0.238 e. The molecule has 186 valence electrons. The quantitative estimate of drug-likeness (QED) is 0.391. The molecule has 36 heavy (non-hydrogen) atoms. The van der Waals surface area contributed by atoms with E-state index in [2.05, 4.69) is 38.8 Å². The molecule has 0 amide bonds. The van der Waals surface area contributed by atoms with Crippen LogP contribution in [0.3, 0.4) is 0 Å². The number of hydrogen-bond acceptors (Lipinski definition) is 6. The lowest BCUT2D eigenvalue weighted by Crippen LogP contribution is -2.23. The fourth-order valence-corrected chi connectivity index (χ4v) is 5.48. The first-order valence-corrected chi connectivity index (χ1v) is 13.1. The highest BCUT2D eigenvalue weighted by atomic mass is 16.5. The van der Waals surface area contributed by atoms with Crippen molar-refractivity contribution in [3.05, 3.63) is 66.0 Å². The van der Waals surface area contributed by atoms with Crippen LogP contribution in [-0.2, 0) is 6.54 Å². The molecule has 1 aromatic carbocycles. The Morgan fingerprint density at radius 3 is 2.42 bits per heavy atom. The Morgan fingerprint density at radius 2 is 1.69 bits per heavy atom. The predicted molar refractivity (Wildman–Crippen MR) is 140 cm³/mol. The lowest BCUT2D eigenvalue weighted by molar-refractivity contribution is 0.396. The number of methoxy groups -OCH3 is 1. The van der Waals surface area contributed by atoms with Crippen LogP contribution in [0.1, 0.15) is 61.5 Å². The van der Waals surface area contributed by atoms with Gasteiger partial charge in [0.05, 0.1) is 19.1 Å². The van der Waals surface area contributed by atoms with Crippen LogP contribution in [0.4, 0.5) is 5.69 Å². The molecule has 5 heterocycles. The second kappa shape index (κ2) is 9.76. The fourth-order valence-electron chi connectivity index (χ4n) is 5.48. The summed E-state index contributed by atoms with van der Waals surface area (Å²) in [6.45, 7) is 5.17. The zero-order valence-electron chi connectivity index (χ0n) is 21.1. The maximum atomic E-state index is 5.61. The maximum absolute atomic E-state index is 5.61. The Hall–Kier alpha value is -3.68. The molecule has 1 atom stereocenters. The number of rotatable bonds is 5. The summed E-state index contributed by atoms with van der Waals surface area (Å²) < 4.78 is 9.59. The van der Waals surface area contributed by atoms with Gasteiger partial charge in [-0.2, -0.15) is 0 Å². The van der Waals surface area contributed by atoms with E-state index >= 15 is 0 Å². The van der Waals surface area contributed by atoms with Gasteiger partial charge in [-0.25, -0.2) is 19.6 Å². The number of aromatic nitrogens is 6.